The second-order valence-electron chi connectivity index (χ2n) is 7.39. The Morgan fingerprint density at radius 3 is 2.54 bits per heavy atom. The lowest BCUT2D eigenvalue weighted by atomic mass is 9.96. The Morgan fingerprint density at radius 2 is 1.86 bits per heavy atom. The largest absolute Gasteiger partial charge is 0.376 e. The third-order valence-corrected chi connectivity index (χ3v) is 5.28. The van der Waals surface area contributed by atoms with Crippen LogP contribution in [0.2, 0.25) is 0 Å². The SMILES string of the molecule is CCCCCOC1CCC(c2ccc(-c3ccc(C)c(F)c3)c(F)c2F)OC1. The molecule has 0 amide bonds. The van der Waals surface area contributed by atoms with E-state index in [1.807, 2.05) is 0 Å². The summed E-state index contributed by atoms with van der Waals surface area (Å²) in [6.07, 6.45) is 4.15. The van der Waals surface area contributed by atoms with Crippen molar-refractivity contribution in [2.75, 3.05) is 13.2 Å². The van der Waals surface area contributed by atoms with E-state index in [1.54, 1.807) is 25.1 Å². The maximum absolute atomic E-state index is 14.7. The van der Waals surface area contributed by atoms with Gasteiger partial charge in [-0.1, -0.05) is 44.0 Å². The first-order valence-corrected chi connectivity index (χ1v) is 9.98. The van der Waals surface area contributed by atoms with Crippen molar-refractivity contribution in [2.45, 2.75) is 58.2 Å². The summed E-state index contributed by atoms with van der Waals surface area (Å²) in [5, 5.41) is 0. The molecule has 28 heavy (non-hydrogen) atoms. The van der Waals surface area contributed by atoms with Crippen LogP contribution in [0.25, 0.3) is 11.1 Å². The number of benzene rings is 2. The Hall–Kier alpha value is -1.85. The smallest absolute Gasteiger partial charge is 0.167 e. The number of hydrogen-bond acceptors (Lipinski definition) is 2. The molecular weight excluding hydrogens is 365 g/mol. The number of ether oxygens (including phenoxy) is 2. The van der Waals surface area contributed by atoms with Gasteiger partial charge in [0.2, 0.25) is 0 Å². The van der Waals surface area contributed by atoms with Crippen molar-refractivity contribution < 1.29 is 22.6 Å². The molecule has 2 nitrogen and oxygen atoms in total. The summed E-state index contributed by atoms with van der Waals surface area (Å²) in [6.45, 7) is 4.85. The summed E-state index contributed by atoms with van der Waals surface area (Å²) in [5.74, 6) is -2.34. The van der Waals surface area contributed by atoms with E-state index < -0.39 is 23.6 Å². The quantitative estimate of drug-likeness (QED) is 0.500. The monoisotopic (exact) mass is 392 g/mol. The van der Waals surface area contributed by atoms with Gasteiger partial charge in [0.05, 0.1) is 18.8 Å². The second kappa shape index (κ2) is 9.57. The molecule has 2 atom stereocenters. The number of aryl methyl sites for hydroxylation is 1. The highest BCUT2D eigenvalue weighted by Crippen LogP contribution is 2.35. The van der Waals surface area contributed by atoms with E-state index in [0.29, 0.717) is 30.8 Å². The summed E-state index contributed by atoms with van der Waals surface area (Å²) < 4.78 is 54.7. The van der Waals surface area contributed by atoms with Crippen molar-refractivity contribution in [1.29, 1.82) is 0 Å². The van der Waals surface area contributed by atoms with Gasteiger partial charge in [0.25, 0.3) is 0 Å². The van der Waals surface area contributed by atoms with Crippen LogP contribution in [0.3, 0.4) is 0 Å². The van der Waals surface area contributed by atoms with Crippen LogP contribution in [-0.4, -0.2) is 19.3 Å². The molecule has 1 saturated heterocycles. The molecule has 1 aliphatic rings. The number of rotatable bonds is 7. The maximum atomic E-state index is 14.7. The summed E-state index contributed by atoms with van der Waals surface area (Å²) in [5.41, 5.74) is 1.03. The Bertz CT molecular complexity index is 799. The van der Waals surface area contributed by atoms with Gasteiger partial charge in [-0.25, -0.2) is 13.2 Å². The van der Waals surface area contributed by atoms with E-state index in [0.717, 1.165) is 25.7 Å². The fourth-order valence-corrected chi connectivity index (χ4v) is 3.50. The first-order chi connectivity index (χ1) is 13.5. The average Bonchev–Trinajstić information content (AvgIpc) is 2.70. The number of hydrogen-bond donors (Lipinski definition) is 0. The van der Waals surface area contributed by atoms with Gasteiger partial charge in [-0.15, -0.1) is 0 Å². The molecule has 0 saturated carbocycles. The molecule has 1 aliphatic heterocycles. The Kier molecular flexibility index (Phi) is 7.13. The van der Waals surface area contributed by atoms with Crippen LogP contribution in [-0.2, 0) is 9.47 Å². The lowest BCUT2D eigenvalue weighted by Crippen LogP contribution is -2.28. The van der Waals surface area contributed by atoms with E-state index in [9.17, 15) is 13.2 Å². The van der Waals surface area contributed by atoms with E-state index in [2.05, 4.69) is 6.92 Å². The molecule has 152 valence electrons. The molecule has 1 fully saturated rings. The van der Waals surface area contributed by atoms with E-state index in [4.69, 9.17) is 9.47 Å². The van der Waals surface area contributed by atoms with Gasteiger partial charge in [-0.3, -0.25) is 0 Å². The Morgan fingerprint density at radius 1 is 1.04 bits per heavy atom. The van der Waals surface area contributed by atoms with Crippen LogP contribution in [0, 0.1) is 24.4 Å². The zero-order valence-corrected chi connectivity index (χ0v) is 16.4. The van der Waals surface area contributed by atoms with Gasteiger partial charge in [-0.05, 0) is 43.4 Å². The Labute approximate surface area is 164 Å². The van der Waals surface area contributed by atoms with Crippen molar-refractivity contribution >= 4 is 0 Å². The Balaban J connectivity index is 1.67. The van der Waals surface area contributed by atoms with E-state index >= 15 is 0 Å². The van der Waals surface area contributed by atoms with Gasteiger partial charge >= 0.3 is 0 Å². The molecule has 0 aromatic heterocycles. The molecule has 0 bridgehead atoms. The van der Waals surface area contributed by atoms with Gasteiger partial charge in [-0.2, -0.15) is 0 Å². The fourth-order valence-electron chi connectivity index (χ4n) is 3.50. The zero-order valence-electron chi connectivity index (χ0n) is 16.4. The fraction of sp³-hybridized carbons (Fsp3) is 0.478. The van der Waals surface area contributed by atoms with Gasteiger partial charge in [0.15, 0.2) is 11.6 Å². The van der Waals surface area contributed by atoms with E-state index in [-0.39, 0.29) is 17.2 Å². The van der Waals surface area contributed by atoms with Crippen LogP contribution in [0.1, 0.15) is 56.3 Å². The molecule has 2 aromatic carbocycles. The first kappa shape index (κ1) is 20.9. The van der Waals surface area contributed by atoms with Crippen molar-refractivity contribution in [3.8, 4) is 11.1 Å². The molecule has 2 aromatic rings. The number of halogens is 3. The molecular formula is C23H27F3O2. The molecule has 0 spiro atoms. The predicted molar refractivity (Wildman–Crippen MR) is 104 cm³/mol. The minimum absolute atomic E-state index is 0.0100. The standard InChI is InChI=1S/C23H27F3O2/c1-3-4-5-12-27-17-8-11-21(28-14-17)19-10-9-18(22(25)23(19)26)16-7-6-15(2)20(24)13-16/h6-7,9-10,13,17,21H,3-5,8,11-12,14H2,1-2H3. The van der Waals surface area contributed by atoms with Crippen LogP contribution < -0.4 is 0 Å². The van der Waals surface area contributed by atoms with Gasteiger partial charge in [0, 0.05) is 17.7 Å². The molecule has 0 aliphatic carbocycles. The molecule has 1 heterocycles. The third-order valence-electron chi connectivity index (χ3n) is 5.28. The highest BCUT2D eigenvalue weighted by Gasteiger charge is 2.27. The topological polar surface area (TPSA) is 18.5 Å². The maximum Gasteiger partial charge on any atom is 0.167 e. The zero-order chi connectivity index (χ0) is 20.1. The summed E-state index contributed by atoms with van der Waals surface area (Å²) in [7, 11) is 0. The van der Waals surface area contributed by atoms with E-state index in [1.165, 1.54) is 12.1 Å². The average molecular weight is 392 g/mol. The van der Waals surface area contributed by atoms with Gasteiger partial charge < -0.3 is 9.47 Å². The summed E-state index contributed by atoms with van der Waals surface area (Å²) >= 11 is 0. The van der Waals surface area contributed by atoms with Crippen molar-refractivity contribution in [1.82, 2.24) is 0 Å². The van der Waals surface area contributed by atoms with Gasteiger partial charge in [0.1, 0.15) is 5.82 Å². The molecule has 2 unspecified atom stereocenters. The van der Waals surface area contributed by atoms with Crippen molar-refractivity contribution in [3.63, 3.8) is 0 Å². The van der Waals surface area contributed by atoms with Crippen LogP contribution in [0.5, 0.6) is 0 Å². The minimum Gasteiger partial charge on any atom is -0.376 e. The minimum atomic E-state index is -0.970. The third kappa shape index (κ3) is 4.76. The predicted octanol–water partition coefficient (Wildman–Crippen LogP) is 6.51. The van der Waals surface area contributed by atoms with Crippen LogP contribution in [0.4, 0.5) is 13.2 Å². The summed E-state index contributed by atoms with van der Waals surface area (Å²) in [6, 6.07) is 7.41. The highest BCUT2D eigenvalue weighted by atomic mass is 19.2. The molecule has 5 heteroatoms. The van der Waals surface area contributed by atoms with Crippen LogP contribution >= 0.6 is 0 Å². The molecule has 3 rings (SSSR count). The first-order valence-electron chi connectivity index (χ1n) is 9.98. The van der Waals surface area contributed by atoms with Crippen molar-refractivity contribution in [3.05, 3.63) is 58.9 Å². The molecule has 0 N–H and O–H groups in total. The second-order valence-corrected chi connectivity index (χ2v) is 7.39. The van der Waals surface area contributed by atoms with Crippen molar-refractivity contribution in [2.24, 2.45) is 0 Å². The lowest BCUT2D eigenvalue weighted by Gasteiger charge is -2.29. The number of unbranched alkanes of at least 4 members (excludes halogenated alkanes) is 2. The normalized spacial score (nSPS) is 19.8. The highest BCUT2D eigenvalue weighted by molar-refractivity contribution is 5.65. The molecule has 0 radical (unpaired) electrons. The summed E-state index contributed by atoms with van der Waals surface area (Å²) in [4.78, 5) is 0. The lowest BCUT2D eigenvalue weighted by molar-refractivity contribution is -0.0882. The van der Waals surface area contributed by atoms with Crippen LogP contribution in [0.15, 0.2) is 30.3 Å².